The first-order valence-electron chi connectivity index (χ1n) is 8.90. The number of carbonyl (C=O) groups is 1. The predicted octanol–water partition coefficient (Wildman–Crippen LogP) is 3.06. The Balaban J connectivity index is 1.61. The quantitative estimate of drug-likeness (QED) is 0.889. The van der Waals surface area contributed by atoms with Gasteiger partial charge in [0, 0.05) is 36.8 Å². The minimum atomic E-state index is -0.626. The summed E-state index contributed by atoms with van der Waals surface area (Å²) in [5.41, 5.74) is 1.73. The fraction of sp³-hybridized carbons (Fsp3) is 0.238. The molecule has 0 radical (unpaired) electrons. The Morgan fingerprint density at radius 2 is 1.89 bits per heavy atom. The van der Waals surface area contributed by atoms with Gasteiger partial charge in [-0.25, -0.2) is 8.78 Å². The number of hydrogen-bond donors (Lipinski definition) is 1. The second kappa shape index (κ2) is 6.64. The number of nitriles is 1. The van der Waals surface area contributed by atoms with Gasteiger partial charge in [0.1, 0.15) is 23.6 Å². The zero-order valence-electron chi connectivity index (χ0n) is 15.4. The van der Waals surface area contributed by atoms with Gasteiger partial charge >= 0.3 is 0 Å². The molecular weight excluding hydrogens is 362 g/mol. The van der Waals surface area contributed by atoms with E-state index in [0.29, 0.717) is 16.9 Å². The Labute approximate surface area is 161 Å². The number of amides is 1. The van der Waals surface area contributed by atoms with Crippen molar-refractivity contribution in [2.75, 3.05) is 11.9 Å². The highest BCUT2D eigenvalue weighted by Crippen LogP contribution is 2.42. The number of rotatable bonds is 3. The summed E-state index contributed by atoms with van der Waals surface area (Å²) >= 11 is 0. The number of hydrogen-bond acceptors (Lipinski definition) is 4. The zero-order chi connectivity index (χ0) is 20.0. The van der Waals surface area contributed by atoms with Crippen LogP contribution in [0.2, 0.25) is 0 Å². The number of nitrogens with zero attached hydrogens (tertiary/aromatic N) is 3. The smallest absolute Gasteiger partial charge is 0.252 e. The first-order valence-corrected chi connectivity index (χ1v) is 8.90. The van der Waals surface area contributed by atoms with Crippen molar-refractivity contribution in [3.8, 4) is 6.07 Å². The summed E-state index contributed by atoms with van der Waals surface area (Å²) in [6, 6.07) is 12.4. The highest BCUT2D eigenvalue weighted by molar-refractivity contribution is 5.91. The van der Waals surface area contributed by atoms with Crippen molar-refractivity contribution in [1.82, 2.24) is 10.2 Å². The molecule has 0 aliphatic carbocycles. The summed E-state index contributed by atoms with van der Waals surface area (Å²) in [6.45, 7) is 1.85. The van der Waals surface area contributed by atoms with Crippen molar-refractivity contribution in [3.63, 3.8) is 0 Å². The van der Waals surface area contributed by atoms with Gasteiger partial charge in [-0.05, 0) is 42.8 Å². The van der Waals surface area contributed by atoms with Crippen LogP contribution in [0.3, 0.4) is 0 Å². The van der Waals surface area contributed by atoms with Crippen molar-refractivity contribution < 1.29 is 13.6 Å². The van der Waals surface area contributed by atoms with Gasteiger partial charge in [0.05, 0.1) is 11.6 Å². The van der Waals surface area contributed by atoms with Crippen LogP contribution in [0.5, 0.6) is 0 Å². The average molecular weight is 380 g/mol. The highest BCUT2D eigenvalue weighted by atomic mass is 19.1. The van der Waals surface area contributed by atoms with Crippen LogP contribution in [-0.4, -0.2) is 30.1 Å². The van der Waals surface area contributed by atoms with E-state index in [0.717, 1.165) is 11.8 Å². The Kier molecular flexibility index (Phi) is 4.27. The van der Waals surface area contributed by atoms with E-state index in [1.165, 1.54) is 18.2 Å². The summed E-state index contributed by atoms with van der Waals surface area (Å²) in [4.78, 5) is 16.1. The van der Waals surface area contributed by atoms with Crippen molar-refractivity contribution in [2.45, 2.75) is 25.0 Å². The Bertz CT molecular complexity index is 1010. The molecule has 3 unspecified atom stereocenters. The van der Waals surface area contributed by atoms with Crippen molar-refractivity contribution in [3.05, 3.63) is 77.1 Å². The normalized spacial score (nSPS) is 23.1. The summed E-state index contributed by atoms with van der Waals surface area (Å²) in [7, 11) is 1.80. The molecule has 3 atom stereocenters. The summed E-state index contributed by atoms with van der Waals surface area (Å²) in [5.74, 6) is -1.11. The van der Waals surface area contributed by atoms with Gasteiger partial charge in [0.2, 0.25) is 0 Å². The van der Waals surface area contributed by atoms with Crippen LogP contribution in [0.15, 0.2) is 54.4 Å². The molecule has 2 aromatic rings. The minimum Gasteiger partial charge on any atom is -0.350 e. The van der Waals surface area contributed by atoms with Crippen molar-refractivity contribution in [2.24, 2.45) is 0 Å². The standard InChI is InChI=1S/C21H18F2N4O/c1-12-20(16-8-5-14(22)9-17(16)23)21-25-18(10-19(28)27(12)21)26(2)15-6-3-13(11-24)4-7-15/h3-10,12,20-21,25H,1-2H3. The van der Waals surface area contributed by atoms with Crippen molar-refractivity contribution >= 4 is 11.6 Å². The van der Waals surface area contributed by atoms with E-state index in [1.807, 2.05) is 6.92 Å². The fourth-order valence-electron chi connectivity index (χ4n) is 3.94. The number of anilines is 1. The second-order valence-electron chi connectivity index (χ2n) is 7.01. The van der Waals surface area contributed by atoms with Gasteiger partial charge in [0.25, 0.3) is 5.91 Å². The predicted molar refractivity (Wildman–Crippen MR) is 100.0 cm³/mol. The fourth-order valence-corrected chi connectivity index (χ4v) is 3.94. The van der Waals surface area contributed by atoms with Crippen LogP contribution in [0, 0.1) is 23.0 Å². The molecule has 1 saturated heterocycles. The van der Waals surface area contributed by atoms with Crippen molar-refractivity contribution in [1.29, 1.82) is 5.26 Å². The number of nitrogens with one attached hydrogen (secondary N) is 1. The van der Waals surface area contributed by atoms with E-state index >= 15 is 0 Å². The highest BCUT2D eigenvalue weighted by Gasteiger charge is 2.52. The first-order chi connectivity index (χ1) is 13.4. The number of carbonyl (C=O) groups excluding carboxylic acids is 1. The Hall–Kier alpha value is -3.40. The molecule has 0 saturated carbocycles. The van der Waals surface area contributed by atoms with Crippen LogP contribution in [0.25, 0.3) is 0 Å². The maximum absolute atomic E-state index is 14.3. The monoisotopic (exact) mass is 380 g/mol. The van der Waals surface area contributed by atoms with E-state index in [2.05, 4.69) is 11.4 Å². The minimum absolute atomic E-state index is 0.162. The summed E-state index contributed by atoms with van der Waals surface area (Å²) < 4.78 is 27.6. The third kappa shape index (κ3) is 2.78. The molecule has 1 amide bonds. The van der Waals surface area contributed by atoms with E-state index in [1.54, 1.807) is 41.1 Å². The van der Waals surface area contributed by atoms with E-state index in [-0.39, 0.29) is 17.9 Å². The van der Waals surface area contributed by atoms with Crippen LogP contribution < -0.4 is 10.2 Å². The molecule has 5 nitrogen and oxygen atoms in total. The molecule has 1 N–H and O–H groups in total. The number of halogens is 2. The first kappa shape index (κ1) is 18.0. The average Bonchev–Trinajstić information content (AvgIpc) is 2.68. The van der Waals surface area contributed by atoms with Gasteiger partial charge < -0.3 is 15.1 Å². The summed E-state index contributed by atoms with van der Waals surface area (Å²) in [6.07, 6.45) is 1.09. The van der Waals surface area contributed by atoms with Gasteiger partial charge in [-0.2, -0.15) is 5.26 Å². The molecule has 1 fully saturated rings. The molecule has 7 heteroatoms. The topological polar surface area (TPSA) is 59.4 Å². The van der Waals surface area contributed by atoms with Gasteiger partial charge in [-0.1, -0.05) is 6.07 Å². The lowest BCUT2D eigenvalue weighted by Crippen LogP contribution is -2.70. The Morgan fingerprint density at radius 3 is 2.54 bits per heavy atom. The van der Waals surface area contributed by atoms with Gasteiger partial charge in [-0.3, -0.25) is 4.79 Å². The molecular formula is C21H18F2N4O. The third-order valence-corrected chi connectivity index (χ3v) is 5.48. The summed E-state index contributed by atoms with van der Waals surface area (Å²) in [5, 5.41) is 12.2. The van der Waals surface area contributed by atoms with Gasteiger partial charge in [-0.15, -0.1) is 0 Å². The van der Waals surface area contributed by atoms with Crippen LogP contribution in [-0.2, 0) is 4.79 Å². The zero-order valence-corrected chi connectivity index (χ0v) is 15.4. The SMILES string of the molecule is CC1C(c2ccc(F)cc2F)C2NC(N(C)c3ccc(C#N)cc3)=CC(=O)N12. The number of fused-ring (bicyclic) bond motifs is 1. The molecule has 2 aliphatic rings. The molecule has 0 aromatic heterocycles. The molecule has 28 heavy (non-hydrogen) atoms. The second-order valence-corrected chi connectivity index (χ2v) is 7.01. The van der Waals surface area contributed by atoms with Gasteiger partial charge in [0.15, 0.2) is 0 Å². The largest absolute Gasteiger partial charge is 0.350 e. The maximum atomic E-state index is 14.3. The van der Waals surface area contributed by atoms with Crippen LogP contribution in [0.1, 0.15) is 24.0 Å². The maximum Gasteiger partial charge on any atom is 0.252 e. The van der Waals surface area contributed by atoms with Crippen LogP contribution in [0.4, 0.5) is 14.5 Å². The lowest BCUT2D eigenvalue weighted by Gasteiger charge is -2.56. The van der Waals surface area contributed by atoms with E-state index in [9.17, 15) is 13.6 Å². The molecule has 0 bridgehead atoms. The third-order valence-electron chi connectivity index (χ3n) is 5.48. The molecule has 0 spiro atoms. The number of benzene rings is 2. The Morgan fingerprint density at radius 1 is 1.18 bits per heavy atom. The lowest BCUT2D eigenvalue weighted by atomic mass is 9.78. The molecule has 4 rings (SSSR count). The van der Waals surface area contributed by atoms with E-state index < -0.39 is 17.8 Å². The molecule has 2 heterocycles. The molecule has 142 valence electrons. The molecule has 2 aliphatic heterocycles. The lowest BCUT2D eigenvalue weighted by molar-refractivity contribution is -0.144. The van der Waals surface area contributed by atoms with E-state index in [4.69, 9.17) is 5.26 Å². The molecule has 2 aromatic carbocycles. The van der Waals surface area contributed by atoms with Crippen LogP contribution >= 0.6 is 0 Å².